The molecule has 0 saturated carbocycles. The van der Waals surface area contributed by atoms with Gasteiger partial charge in [-0.05, 0) is 12.1 Å². The van der Waals surface area contributed by atoms with Crippen molar-refractivity contribution in [3.8, 4) is 17.0 Å². The Morgan fingerprint density at radius 1 is 1.26 bits per heavy atom. The van der Waals surface area contributed by atoms with Crippen LogP contribution in [0.3, 0.4) is 0 Å². The number of imidazole rings is 1. The molecule has 142 valence electrons. The highest BCUT2D eigenvalue weighted by Gasteiger charge is 2.23. The first kappa shape index (κ1) is 18.0. The lowest BCUT2D eigenvalue weighted by Gasteiger charge is -2.34. The molecule has 0 spiro atoms. The van der Waals surface area contributed by atoms with E-state index in [-0.39, 0.29) is 5.91 Å². The molecule has 1 amide bonds. The van der Waals surface area contributed by atoms with Crippen LogP contribution in [0.5, 0.6) is 5.75 Å². The number of nitrogens with zero attached hydrogens (tertiary/aromatic N) is 4. The summed E-state index contributed by atoms with van der Waals surface area (Å²) in [6.45, 7) is 6.12. The van der Waals surface area contributed by atoms with Crippen LogP contribution in [-0.2, 0) is 11.3 Å². The number of carbonyl (C=O) groups excluding carboxylic acids is 1. The van der Waals surface area contributed by atoms with E-state index < -0.39 is 0 Å². The van der Waals surface area contributed by atoms with E-state index in [1.54, 1.807) is 18.4 Å². The number of rotatable bonds is 5. The fourth-order valence-corrected chi connectivity index (χ4v) is 4.31. The Balaban J connectivity index is 1.60. The molecule has 1 aliphatic heterocycles. The molecule has 7 heteroatoms. The van der Waals surface area contributed by atoms with Crippen molar-refractivity contribution in [3.63, 3.8) is 0 Å². The van der Waals surface area contributed by atoms with Gasteiger partial charge in [0.15, 0.2) is 4.96 Å². The van der Waals surface area contributed by atoms with Crippen molar-refractivity contribution >= 4 is 22.2 Å². The van der Waals surface area contributed by atoms with Gasteiger partial charge in [-0.15, -0.1) is 11.3 Å². The van der Waals surface area contributed by atoms with Gasteiger partial charge in [0.05, 0.1) is 18.5 Å². The fraction of sp³-hybridized carbons (Fsp3) is 0.400. The lowest BCUT2D eigenvalue weighted by Crippen LogP contribution is -2.48. The van der Waals surface area contributed by atoms with Crippen LogP contribution in [0.2, 0.25) is 0 Å². The fourth-order valence-electron chi connectivity index (χ4n) is 3.58. The van der Waals surface area contributed by atoms with Crippen molar-refractivity contribution in [2.75, 3.05) is 33.3 Å². The Bertz CT molecular complexity index is 941. The molecular weight excluding hydrogens is 360 g/mol. The van der Waals surface area contributed by atoms with Crippen molar-refractivity contribution in [2.24, 2.45) is 0 Å². The average molecular weight is 385 g/mol. The molecule has 3 aromatic rings. The Labute approximate surface area is 163 Å². The zero-order valence-corrected chi connectivity index (χ0v) is 16.5. The van der Waals surface area contributed by atoms with Gasteiger partial charge < -0.3 is 9.64 Å². The second-order valence-electron chi connectivity index (χ2n) is 6.71. The van der Waals surface area contributed by atoms with Gasteiger partial charge in [0.2, 0.25) is 5.91 Å². The predicted molar refractivity (Wildman–Crippen MR) is 107 cm³/mol. The van der Waals surface area contributed by atoms with Crippen LogP contribution in [0, 0.1) is 0 Å². The average Bonchev–Trinajstić information content (AvgIpc) is 3.30. The Morgan fingerprint density at radius 3 is 2.81 bits per heavy atom. The lowest BCUT2D eigenvalue weighted by molar-refractivity contribution is -0.132. The lowest BCUT2D eigenvalue weighted by atomic mass is 10.1. The van der Waals surface area contributed by atoms with Crippen LogP contribution >= 0.6 is 11.3 Å². The number of hydrogen-bond acceptors (Lipinski definition) is 5. The topological polar surface area (TPSA) is 50.1 Å². The normalized spacial score (nSPS) is 15.4. The molecule has 0 N–H and O–H groups in total. The van der Waals surface area contributed by atoms with E-state index in [0.717, 1.165) is 54.7 Å². The number of methoxy groups -OCH3 is 1. The molecule has 0 unspecified atom stereocenters. The number of carbonyl (C=O) groups is 1. The van der Waals surface area contributed by atoms with Crippen molar-refractivity contribution in [1.82, 2.24) is 19.2 Å². The van der Waals surface area contributed by atoms with Crippen molar-refractivity contribution in [1.29, 1.82) is 0 Å². The van der Waals surface area contributed by atoms with Crippen molar-refractivity contribution in [3.05, 3.63) is 41.5 Å². The maximum Gasteiger partial charge on any atom is 0.222 e. The van der Waals surface area contributed by atoms with Gasteiger partial charge >= 0.3 is 0 Å². The standard InChI is InChI=1S/C20H24N4O2S/c1-3-18(25)23-9-7-22(8-10-23)14-17-19(21-20-24(17)11-12-27-20)15-5-4-6-16(13-15)26-2/h4-6,11-13H,3,7-10,14H2,1-2H3. The summed E-state index contributed by atoms with van der Waals surface area (Å²) in [4.78, 5) is 22.2. The Hall–Kier alpha value is -2.38. The van der Waals surface area contributed by atoms with Crippen LogP contribution < -0.4 is 4.74 Å². The number of piperazine rings is 1. The molecule has 4 rings (SSSR count). The summed E-state index contributed by atoms with van der Waals surface area (Å²) in [5, 5.41) is 2.07. The van der Waals surface area contributed by atoms with Gasteiger partial charge in [-0.2, -0.15) is 0 Å². The van der Waals surface area contributed by atoms with Gasteiger partial charge in [-0.3, -0.25) is 14.1 Å². The molecule has 1 aromatic carbocycles. The number of hydrogen-bond donors (Lipinski definition) is 0. The molecule has 0 bridgehead atoms. The first-order valence-electron chi connectivity index (χ1n) is 9.28. The van der Waals surface area contributed by atoms with E-state index >= 15 is 0 Å². The summed E-state index contributed by atoms with van der Waals surface area (Å²) in [5.74, 6) is 1.08. The van der Waals surface area contributed by atoms with Gasteiger partial charge in [0.25, 0.3) is 0 Å². The number of fused-ring (bicyclic) bond motifs is 1. The minimum atomic E-state index is 0.247. The van der Waals surface area contributed by atoms with E-state index in [0.29, 0.717) is 6.42 Å². The maximum absolute atomic E-state index is 11.9. The highest BCUT2D eigenvalue weighted by molar-refractivity contribution is 7.15. The largest absolute Gasteiger partial charge is 0.497 e. The Morgan fingerprint density at radius 2 is 2.07 bits per heavy atom. The summed E-state index contributed by atoms with van der Waals surface area (Å²) in [5.41, 5.74) is 3.27. The monoisotopic (exact) mass is 384 g/mol. The molecule has 6 nitrogen and oxygen atoms in total. The van der Waals surface area contributed by atoms with E-state index in [1.165, 1.54) is 5.69 Å². The highest BCUT2D eigenvalue weighted by atomic mass is 32.1. The summed E-state index contributed by atoms with van der Waals surface area (Å²) in [6.07, 6.45) is 2.67. The van der Waals surface area contributed by atoms with Crippen LogP contribution in [0.15, 0.2) is 35.8 Å². The number of ether oxygens (including phenoxy) is 1. The molecule has 1 saturated heterocycles. The molecular formula is C20H24N4O2S. The molecule has 27 heavy (non-hydrogen) atoms. The predicted octanol–water partition coefficient (Wildman–Crippen LogP) is 3.13. The van der Waals surface area contributed by atoms with Crippen molar-refractivity contribution in [2.45, 2.75) is 19.9 Å². The first-order valence-corrected chi connectivity index (χ1v) is 10.2. The zero-order chi connectivity index (χ0) is 18.8. The summed E-state index contributed by atoms with van der Waals surface area (Å²) < 4.78 is 7.57. The number of amides is 1. The summed E-state index contributed by atoms with van der Waals surface area (Å²) in [7, 11) is 1.68. The van der Waals surface area contributed by atoms with Crippen LogP contribution in [-0.4, -0.2) is 58.4 Å². The van der Waals surface area contributed by atoms with E-state index in [2.05, 4.69) is 26.9 Å². The molecule has 1 aliphatic rings. The molecule has 2 aromatic heterocycles. The van der Waals surface area contributed by atoms with E-state index in [4.69, 9.17) is 9.72 Å². The van der Waals surface area contributed by atoms with Gasteiger partial charge in [-0.25, -0.2) is 4.98 Å². The van der Waals surface area contributed by atoms with Gasteiger partial charge in [0, 0.05) is 56.3 Å². The maximum atomic E-state index is 11.9. The van der Waals surface area contributed by atoms with E-state index in [9.17, 15) is 4.79 Å². The summed E-state index contributed by atoms with van der Waals surface area (Å²) in [6, 6.07) is 8.07. The summed E-state index contributed by atoms with van der Waals surface area (Å²) >= 11 is 1.65. The smallest absolute Gasteiger partial charge is 0.222 e. The highest BCUT2D eigenvalue weighted by Crippen LogP contribution is 2.30. The van der Waals surface area contributed by atoms with Crippen LogP contribution in [0.25, 0.3) is 16.2 Å². The Kier molecular flexibility index (Phi) is 5.13. The molecule has 0 radical (unpaired) electrons. The third-order valence-corrected chi connectivity index (χ3v) is 5.86. The number of aromatic nitrogens is 2. The second-order valence-corrected chi connectivity index (χ2v) is 7.58. The minimum absolute atomic E-state index is 0.247. The third-order valence-electron chi connectivity index (χ3n) is 5.11. The molecule has 0 aliphatic carbocycles. The van der Waals surface area contributed by atoms with Gasteiger partial charge in [0.1, 0.15) is 5.75 Å². The van der Waals surface area contributed by atoms with Crippen LogP contribution in [0.1, 0.15) is 19.0 Å². The zero-order valence-electron chi connectivity index (χ0n) is 15.7. The SMILES string of the molecule is CCC(=O)N1CCN(Cc2c(-c3cccc(OC)c3)nc3sccn23)CC1. The van der Waals surface area contributed by atoms with E-state index in [1.807, 2.05) is 30.0 Å². The minimum Gasteiger partial charge on any atom is -0.497 e. The molecule has 0 atom stereocenters. The number of thiazole rings is 1. The third kappa shape index (κ3) is 3.57. The first-order chi connectivity index (χ1) is 13.2. The second kappa shape index (κ2) is 7.70. The van der Waals surface area contributed by atoms with Crippen molar-refractivity contribution < 1.29 is 9.53 Å². The quantitative estimate of drug-likeness (QED) is 0.678. The molecule has 3 heterocycles. The van der Waals surface area contributed by atoms with Gasteiger partial charge in [-0.1, -0.05) is 19.1 Å². The number of benzene rings is 1. The molecule has 1 fully saturated rings. The van der Waals surface area contributed by atoms with Crippen LogP contribution in [0.4, 0.5) is 0 Å².